The summed E-state index contributed by atoms with van der Waals surface area (Å²) in [6, 6.07) is 8.89. The molecule has 5 nitrogen and oxygen atoms in total. The number of carbonyl (C=O) groups is 2. The lowest BCUT2D eigenvalue weighted by Crippen LogP contribution is -2.35. The molecule has 0 fully saturated rings. The van der Waals surface area contributed by atoms with Crippen molar-refractivity contribution >= 4 is 11.9 Å². The fourth-order valence-corrected chi connectivity index (χ4v) is 1.86. The zero-order chi connectivity index (χ0) is 17.3. The highest BCUT2D eigenvalue weighted by Gasteiger charge is 2.28. The second-order valence-electron chi connectivity index (χ2n) is 4.91. The maximum absolute atomic E-state index is 12.0. The first-order valence-electron chi connectivity index (χ1n) is 6.96. The van der Waals surface area contributed by atoms with E-state index in [4.69, 9.17) is 5.11 Å². The van der Waals surface area contributed by atoms with Crippen molar-refractivity contribution in [2.75, 3.05) is 19.8 Å². The van der Waals surface area contributed by atoms with E-state index in [9.17, 15) is 22.8 Å². The van der Waals surface area contributed by atoms with Crippen molar-refractivity contribution in [1.82, 2.24) is 4.90 Å². The molecule has 0 bridgehead atoms. The molecule has 0 heterocycles. The van der Waals surface area contributed by atoms with Gasteiger partial charge in [0.2, 0.25) is 5.91 Å². The number of hydrogen-bond acceptors (Lipinski definition) is 3. The van der Waals surface area contributed by atoms with E-state index in [0.717, 1.165) is 5.56 Å². The largest absolute Gasteiger partial charge is 0.481 e. The molecule has 1 rings (SSSR count). The summed E-state index contributed by atoms with van der Waals surface area (Å²) in [5, 5.41) is 8.63. The van der Waals surface area contributed by atoms with Gasteiger partial charge in [-0.2, -0.15) is 13.2 Å². The molecule has 0 aliphatic heterocycles. The van der Waals surface area contributed by atoms with E-state index >= 15 is 0 Å². The van der Waals surface area contributed by atoms with Crippen LogP contribution in [0, 0.1) is 0 Å². The van der Waals surface area contributed by atoms with Crippen molar-refractivity contribution in [3.8, 4) is 0 Å². The number of rotatable bonds is 9. The van der Waals surface area contributed by atoms with Gasteiger partial charge in [-0.25, -0.2) is 0 Å². The summed E-state index contributed by atoms with van der Waals surface area (Å²) in [4.78, 5) is 23.8. The zero-order valence-electron chi connectivity index (χ0n) is 12.4. The maximum atomic E-state index is 12.0. The molecule has 0 spiro atoms. The Bertz CT molecular complexity index is 505. The van der Waals surface area contributed by atoms with Gasteiger partial charge in [0, 0.05) is 19.5 Å². The SMILES string of the molecule is O=C(O)CCCN(Cc1ccccc1)C(=O)COCC(F)(F)F. The normalized spacial score (nSPS) is 11.3. The summed E-state index contributed by atoms with van der Waals surface area (Å²) >= 11 is 0. The standard InChI is InChI=1S/C15H18F3NO4/c16-15(17,18)11-23-10-13(20)19(8-4-7-14(21)22)9-12-5-2-1-3-6-12/h1-3,5-6H,4,7-11H2,(H,21,22). The topological polar surface area (TPSA) is 66.8 Å². The van der Waals surface area contributed by atoms with Gasteiger partial charge in [0.15, 0.2) is 0 Å². The van der Waals surface area contributed by atoms with Crippen molar-refractivity contribution in [1.29, 1.82) is 0 Å². The number of carboxylic acid groups (broad SMARTS) is 1. The van der Waals surface area contributed by atoms with Crippen LogP contribution >= 0.6 is 0 Å². The van der Waals surface area contributed by atoms with Crippen molar-refractivity contribution in [2.45, 2.75) is 25.6 Å². The third-order valence-corrected chi connectivity index (χ3v) is 2.88. The van der Waals surface area contributed by atoms with E-state index in [1.165, 1.54) is 4.90 Å². The summed E-state index contributed by atoms with van der Waals surface area (Å²) in [7, 11) is 0. The van der Waals surface area contributed by atoms with Crippen molar-refractivity contribution in [3.63, 3.8) is 0 Å². The zero-order valence-corrected chi connectivity index (χ0v) is 12.4. The molecule has 0 aromatic heterocycles. The van der Waals surface area contributed by atoms with Crippen LogP contribution in [0.4, 0.5) is 13.2 Å². The predicted octanol–water partition coefficient (Wildman–Crippen LogP) is 2.46. The van der Waals surface area contributed by atoms with Crippen molar-refractivity contribution < 1.29 is 32.6 Å². The van der Waals surface area contributed by atoms with Gasteiger partial charge in [0.1, 0.15) is 13.2 Å². The predicted molar refractivity (Wildman–Crippen MR) is 75.6 cm³/mol. The third kappa shape index (κ3) is 8.82. The minimum atomic E-state index is -4.49. The van der Waals surface area contributed by atoms with Gasteiger partial charge < -0.3 is 14.7 Å². The number of nitrogens with zero attached hydrogens (tertiary/aromatic N) is 1. The molecule has 0 saturated carbocycles. The summed E-state index contributed by atoms with van der Waals surface area (Å²) in [5.74, 6) is -1.60. The Labute approximate surface area is 131 Å². The average molecular weight is 333 g/mol. The summed E-state index contributed by atoms with van der Waals surface area (Å²) in [6.07, 6.45) is -4.40. The molecule has 1 amide bonds. The molecule has 0 aliphatic carbocycles. The number of alkyl halides is 3. The van der Waals surface area contributed by atoms with Gasteiger partial charge in [-0.1, -0.05) is 30.3 Å². The molecule has 1 N–H and O–H groups in total. The second-order valence-corrected chi connectivity index (χ2v) is 4.91. The summed E-state index contributed by atoms with van der Waals surface area (Å²) in [6.45, 7) is -1.86. The number of ether oxygens (including phenoxy) is 1. The first kappa shape index (κ1) is 19.0. The lowest BCUT2D eigenvalue weighted by molar-refractivity contribution is -0.178. The van der Waals surface area contributed by atoms with Gasteiger partial charge >= 0.3 is 12.1 Å². The summed E-state index contributed by atoms with van der Waals surface area (Å²) in [5.41, 5.74) is 0.798. The third-order valence-electron chi connectivity index (χ3n) is 2.88. The number of amides is 1. The van der Waals surface area contributed by atoms with Crippen LogP contribution in [-0.4, -0.2) is 47.8 Å². The van der Waals surface area contributed by atoms with Crippen LogP contribution in [0.15, 0.2) is 30.3 Å². The Kier molecular flexibility index (Phi) is 7.53. The number of benzene rings is 1. The van der Waals surface area contributed by atoms with Crippen LogP contribution in [-0.2, 0) is 20.9 Å². The Hall–Kier alpha value is -2.09. The number of halogens is 3. The fraction of sp³-hybridized carbons (Fsp3) is 0.467. The van der Waals surface area contributed by atoms with E-state index in [-0.39, 0.29) is 25.9 Å². The molecule has 8 heteroatoms. The van der Waals surface area contributed by atoms with Crippen molar-refractivity contribution in [2.24, 2.45) is 0 Å². The molecule has 0 aliphatic rings. The molecule has 1 aromatic rings. The Morgan fingerprint density at radius 1 is 1.17 bits per heavy atom. The molecule has 128 valence electrons. The Morgan fingerprint density at radius 2 is 1.83 bits per heavy atom. The molecule has 0 radical (unpaired) electrons. The van der Waals surface area contributed by atoms with Gasteiger partial charge in [-0.15, -0.1) is 0 Å². The van der Waals surface area contributed by atoms with E-state index in [1.807, 2.05) is 0 Å². The molecular formula is C15H18F3NO4. The Morgan fingerprint density at radius 3 is 2.39 bits per heavy atom. The molecule has 23 heavy (non-hydrogen) atoms. The van der Waals surface area contributed by atoms with E-state index in [1.54, 1.807) is 30.3 Å². The fourth-order valence-electron chi connectivity index (χ4n) is 1.86. The van der Waals surface area contributed by atoms with Crippen LogP contribution < -0.4 is 0 Å². The van der Waals surface area contributed by atoms with Gasteiger partial charge in [0.25, 0.3) is 0 Å². The van der Waals surface area contributed by atoms with E-state index in [2.05, 4.69) is 4.74 Å². The average Bonchev–Trinajstić information content (AvgIpc) is 2.45. The highest BCUT2D eigenvalue weighted by Crippen LogP contribution is 2.14. The maximum Gasteiger partial charge on any atom is 0.411 e. The molecular weight excluding hydrogens is 315 g/mol. The van der Waals surface area contributed by atoms with Crippen LogP contribution in [0.5, 0.6) is 0 Å². The van der Waals surface area contributed by atoms with Crippen molar-refractivity contribution in [3.05, 3.63) is 35.9 Å². The molecule has 1 aromatic carbocycles. The first-order valence-corrected chi connectivity index (χ1v) is 6.96. The van der Waals surface area contributed by atoms with Gasteiger partial charge in [0.05, 0.1) is 0 Å². The highest BCUT2D eigenvalue weighted by atomic mass is 19.4. The number of carbonyl (C=O) groups excluding carboxylic acids is 1. The van der Waals surface area contributed by atoms with Gasteiger partial charge in [-0.3, -0.25) is 9.59 Å². The van der Waals surface area contributed by atoms with Crippen LogP contribution in [0.3, 0.4) is 0 Å². The van der Waals surface area contributed by atoms with Crippen LogP contribution in [0.1, 0.15) is 18.4 Å². The molecule has 0 saturated heterocycles. The lowest BCUT2D eigenvalue weighted by Gasteiger charge is -2.23. The monoisotopic (exact) mass is 333 g/mol. The van der Waals surface area contributed by atoms with Crippen LogP contribution in [0.25, 0.3) is 0 Å². The minimum Gasteiger partial charge on any atom is -0.481 e. The summed E-state index contributed by atoms with van der Waals surface area (Å²) < 4.78 is 40.5. The van der Waals surface area contributed by atoms with E-state index in [0.29, 0.717) is 0 Å². The quantitative estimate of drug-likeness (QED) is 0.754. The molecule has 0 unspecified atom stereocenters. The second kappa shape index (κ2) is 9.14. The van der Waals surface area contributed by atoms with Gasteiger partial charge in [-0.05, 0) is 12.0 Å². The number of aliphatic carboxylic acids is 1. The number of carboxylic acids is 1. The molecule has 0 atom stereocenters. The first-order chi connectivity index (χ1) is 10.8. The minimum absolute atomic E-state index is 0.123. The lowest BCUT2D eigenvalue weighted by atomic mass is 10.2. The Balaban J connectivity index is 2.58. The van der Waals surface area contributed by atoms with Crippen LogP contribution in [0.2, 0.25) is 0 Å². The number of hydrogen-bond donors (Lipinski definition) is 1. The van der Waals surface area contributed by atoms with E-state index < -0.39 is 31.3 Å². The highest BCUT2D eigenvalue weighted by molar-refractivity contribution is 5.77. The smallest absolute Gasteiger partial charge is 0.411 e.